The van der Waals surface area contributed by atoms with E-state index in [9.17, 15) is 4.79 Å². The molecule has 0 radical (unpaired) electrons. The molecule has 0 saturated heterocycles. The molecule has 4 saturated carbocycles. The van der Waals surface area contributed by atoms with Crippen LogP contribution in [0.2, 0.25) is 0 Å². The molecule has 4 rings (SSSR count). The van der Waals surface area contributed by atoms with E-state index in [2.05, 4.69) is 19.9 Å². The SMILES string of the molecule is CC12CC3CC(C)(C1)CC(C(=O)CC#N)(C3)C2. The van der Waals surface area contributed by atoms with Crippen molar-refractivity contribution in [2.75, 3.05) is 0 Å². The molecule has 17 heavy (non-hydrogen) atoms. The number of carbonyl (C=O) groups is 1. The highest BCUT2D eigenvalue weighted by Gasteiger charge is 2.62. The third-order valence-electron chi connectivity index (χ3n) is 5.46. The molecule has 0 N–H and O–H groups in total. The summed E-state index contributed by atoms with van der Waals surface area (Å²) in [6.45, 7) is 4.73. The molecule has 0 heterocycles. The van der Waals surface area contributed by atoms with Crippen LogP contribution < -0.4 is 0 Å². The van der Waals surface area contributed by atoms with Crippen LogP contribution >= 0.6 is 0 Å². The fraction of sp³-hybridized carbons (Fsp3) is 0.867. The number of nitriles is 1. The Morgan fingerprint density at radius 2 is 1.76 bits per heavy atom. The first-order chi connectivity index (χ1) is 7.89. The monoisotopic (exact) mass is 231 g/mol. The van der Waals surface area contributed by atoms with Gasteiger partial charge in [0.15, 0.2) is 5.78 Å². The highest BCUT2D eigenvalue weighted by Crippen LogP contribution is 2.69. The minimum absolute atomic E-state index is 0.124. The maximum Gasteiger partial charge on any atom is 0.153 e. The quantitative estimate of drug-likeness (QED) is 0.730. The predicted octanol–water partition coefficient (Wildman–Crippen LogP) is 3.47. The minimum atomic E-state index is -0.126. The molecule has 2 atom stereocenters. The van der Waals surface area contributed by atoms with E-state index in [0.717, 1.165) is 25.2 Å². The van der Waals surface area contributed by atoms with Gasteiger partial charge in [-0.15, -0.1) is 0 Å². The van der Waals surface area contributed by atoms with E-state index in [1.54, 1.807) is 0 Å². The highest BCUT2D eigenvalue weighted by molar-refractivity contribution is 5.87. The van der Waals surface area contributed by atoms with Crippen LogP contribution in [0.1, 0.15) is 58.8 Å². The normalized spacial score (nSPS) is 51.2. The van der Waals surface area contributed by atoms with Gasteiger partial charge in [-0.3, -0.25) is 4.79 Å². The number of hydrogen-bond acceptors (Lipinski definition) is 2. The Morgan fingerprint density at radius 1 is 1.18 bits per heavy atom. The molecule has 0 spiro atoms. The molecule has 0 aromatic rings. The molecule has 92 valence electrons. The summed E-state index contributed by atoms with van der Waals surface area (Å²) < 4.78 is 0. The molecule has 0 aromatic carbocycles. The largest absolute Gasteiger partial charge is 0.298 e. The lowest BCUT2D eigenvalue weighted by atomic mass is 9.39. The van der Waals surface area contributed by atoms with E-state index < -0.39 is 0 Å². The number of carbonyl (C=O) groups excluding carboxylic acids is 1. The average Bonchev–Trinajstić information content (AvgIpc) is 2.11. The molecule has 0 amide bonds. The topological polar surface area (TPSA) is 40.9 Å². The number of hydrogen-bond donors (Lipinski definition) is 0. The van der Waals surface area contributed by atoms with Gasteiger partial charge in [0.1, 0.15) is 0 Å². The van der Waals surface area contributed by atoms with Crippen LogP contribution in [0.15, 0.2) is 0 Å². The van der Waals surface area contributed by atoms with Crippen molar-refractivity contribution in [3.8, 4) is 6.07 Å². The zero-order valence-corrected chi connectivity index (χ0v) is 10.9. The van der Waals surface area contributed by atoms with Gasteiger partial charge in [-0.2, -0.15) is 5.26 Å². The fourth-order valence-electron chi connectivity index (χ4n) is 6.02. The van der Waals surface area contributed by atoms with E-state index in [1.807, 2.05) is 0 Å². The standard InChI is InChI=1S/C15H21NO/c1-13-5-11-6-14(2,8-13)10-15(7-11,9-13)12(17)3-4-16/h11H,3,5-10H2,1-2H3. The van der Waals surface area contributed by atoms with Crippen LogP contribution in [0.3, 0.4) is 0 Å². The molecule has 2 heteroatoms. The number of rotatable bonds is 2. The van der Waals surface area contributed by atoms with Gasteiger partial charge in [0.25, 0.3) is 0 Å². The summed E-state index contributed by atoms with van der Waals surface area (Å²) in [7, 11) is 0. The van der Waals surface area contributed by atoms with Crippen LogP contribution in [0.5, 0.6) is 0 Å². The zero-order valence-electron chi connectivity index (χ0n) is 10.9. The first-order valence-corrected chi connectivity index (χ1v) is 6.79. The van der Waals surface area contributed by atoms with Gasteiger partial charge in [0, 0.05) is 5.41 Å². The second-order valence-corrected chi connectivity index (χ2v) is 7.67. The molecular formula is C15H21NO. The third kappa shape index (κ3) is 1.55. The molecule has 4 aliphatic carbocycles. The van der Waals surface area contributed by atoms with Crippen molar-refractivity contribution >= 4 is 5.78 Å². The van der Waals surface area contributed by atoms with Crippen LogP contribution in [0, 0.1) is 33.5 Å². The lowest BCUT2D eigenvalue weighted by Crippen LogP contribution is -2.57. The van der Waals surface area contributed by atoms with E-state index in [4.69, 9.17) is 5.26 Å². The number of nitrogens with zero attached hydrogens (tertiary/aromatic N) is 1. The minimum Gasteiger partial charge on any atom is -0.298 e. The molecule has 0 aromatic heterocycles. The summed E-state index contributed by atoms with van der Waals surface area (Å²) >= 11 is 0. The van der Waals surface area contributed by atoms with Crippen molar-refractivity contribution in [2.45, 2.75) is 58.8 Å². The molecular weight excluding hydrogens is 210 g/mol. The first-order valence-electron chi connectivity index (χ1n) is 6.79. The van der Waals surface area contributed by atoms with Crippen LogP contribution in [-0.4, -0.2) is 5.78 Å². The van der Waals surface area contributed by atoms with Crippen LogP contribution in [0.25, 0.3) is 0 Å². The lowest BCUT2D eigenvalue weighted by Gasteiger charge is -2.64. The zero-order chi connectivity index (χ0) is 12.3. The van der Waals surface area contributed by atoms with Crippen molar-refractivity contribution in [3.05, 3.63) is 0 Å². The lowest BCUT2D eigenvalue weighted by molar-refractivity contribution is -0.167. The molecule has 4 fully saturated rings. The van der Waals surface area contributed by atoms with Crippen LogP contribution in [0.4, 0.5) is 0 Å². The van der Waals surface area contributed by atoms with Crippen molar-refractivity contribution in [3.63, 3.8) is 0 Å². The van der Waals surface area contributed by atoms with E-state index in [-0.39, 0.29) is 17.6 Å². The summed E-state index contributed by atoms with van der Waals surface area (Å²) in [5.41, 5.74) is 0.622. The van der Waals surface area contributed by atoms with Crippen molar-refractivity contribution in [1.29, 1.82) is 5.26 Å². The second kappa shape index (κ2) is 3.13. The summed E-state index contributed by atoms with van der Waals surface area (Å²) in [6.07, 6.45) is 7.20. The predicted molar refractivity (Wildman–Crippen MR) is 65.1 cm³/mol. The Balaban J connectivity index is 1.98. The van der Waals surface area contributed by atoms with E-state index >= 15 is 0 Å². The summed E-state index contributed by atoms with van der Waals surface area (Å²) in [5, 5.41) is 8.80. The van der Waals surface area contributed by atoms with Gasteiger partial charge >= 0.3 is 0 Å². The summed E-state index contributed by atoms with van der Waals surface area (Å²) in [6, 6.07) is 2.07. The van der Waals surface area contributed by atoms with Crippen molar-refractivity contribution in [1.82, 2.24) is 0 Å². The second-order valence-electron chi connectivity index (χ2n) is 7.67. The summed E-state index contributed by atoms with van der Waals surface area (Å²) in [5.74, 6) is 0.977. The van der Waals surface area contributed by atoms with Gasteiger partial charge in [-0.25, -0.2) is 0 Å². The average molecular weight is 231 g/mol. The smallest absolute Gasteiger partial charge is 0.153 e. The number of Topliss-reactive ketones (excluding diaryl/α,β-unsaturated/α-hetero) is 1. The molecule has 2 unspecified atom stereocenters. The van der Waals surface area contributed by atoms with Gasteiger partial charge in [0.05, 0.1) is 12.5 Å². The van der Waals surface area contributed by atoms with Gasteiger partial charge in [-0.1, -0.05) is 13.8 Å². The summed E-state index contributed by atoms with van der Waals surface area (Å²) in [4.78, 5) is 12.4. The third-order valence-corrected chi connectivity index (χ3v) is 5.46. The molecule has 0 aliphatic heterocycles. The maximum atomic E-state index is 12.4. The van der Waals surface area contributed by atoms with Crippen molar-refractivity contribution < 1.29 is 4.79 Å². The van der Waals surface area contributed by atoms with E-state index in [0.29, 0.717) is 10.8 Å². The molecule has 2 nitrogen and oxygen atoms in total. The Labute approximate surface area is 103 Å². The van der Waals surface area contributed by atoms with Gasteiger partial charge in [-0.05, 0) is 55.3 Å². The number of ketones is 1. The Morgan fingerprint density at radius 3 is 2.24 bits per heavy atom. The van der Waals surface area contributed by atoms with Gasteiger partial charge < -0.3 is 0 Å². The maximum absolute atomic E-state index is 12.4. The van der Waals surface area contributed by atoms with Crippen molar-refractivity contribution in [2.24, 2.45) is 22.2 Å². The van der Waals surface area contributed by atoms with Crippen LogP contribution in [-0.2, 0) is 4.79 Å². The van der Waals surface area contributed by atoms with Gasteiger partial charge in [0.2, 0.25) is 0 Å². The Bertz CT molecular complexity index is 401. The molecule has 4 bridgehead atoms. The van der Waals surface area contributed by atoms with E-state index in [1.165, 1.54) is 19.3 Å². The fourth-order valence-corrected chi connectivity index (χ4v) is 6.02. The highest BCUT2D eigenvalue weighted by atomic mass is 16.1. The Hall–Kier alpha value is -0.840. The Kier molecular flexibility index (Phi) is 2.07. The first kappa shape index (κ1) is 11.3. The molecule has 4 aliphatic rings.